The number of amides is 1. The van der Waals surface area contributed by atoms with Crippen molar-refractivity contribution in [3.8, 4) is 0 Å². The molecule has 1 unspecified atom stereocenters. The Hall–Kier alpha value is -2.09. The maximum atomic E-state index is 12.3. The molecule has 2 aromatic rings. The van der Waals surface area contributed by atoms with E-state index in [0.29, 0.717) is 5.92 Å². The zero-order valence-electron chi connectivity index (χ0n) is 11.9. The third kappa shape index (κ3) is 2.34. The molecule has 1 N–H and O–H groups in total. The van der Waals surface area contributed by atoms with E-state index in [1.807, 2.05) is 36.4 Å². The van der Waals surface area contributed by atoms with Gasteiger partial charge in [-0.05, 0) is 35.1 Å². The summed E-state index contributed by atoms with van der Waals surface area (Å²) in [5.41, 5.74) is 4.62. The van der Waals surface area contributed by atoms with Gasteiger partial charge in [-0.2, -0.15) is 0 Å². The topological polar surface area (TPSA) is 29.1 Å². The number of benzene rings is 2. The van der Waals surface area contributed by atoms with Gasteiger partial charge >= 0.3 is 0 Å². The lowest BCUT2D eigenvalue weighted by atomic mass is 9.86. The number of nitrogens with one attached hydrogen (secondary N) is 1. The molecule has 0 fully saturated rings. The minimum absolute atomic E-state index is 0.0777. The first-order chi connectivity index (χ1) is 9.65. The average Bonchev–Trinajstić information content (AvgIpc) is 2.47. The normalized spacial score (nSPS) is 17.8. The Kier molecular flexibility index (Phi) is 3.31. The Balaban J connectivity index is 1.96. The molecule has 0 saturated heterocycles. The molecule has 0 saturated carbocycles. The molecule has 1 aliphatic heterocycles. The van der Waals surface area contributed by atoms with Gasteiger partial charge in [0.25, 0.3) is 0 Å². The molecule has 1 aliphatic rings. The smallest absolute Gasteiger partial charge is 0.232 e. The largest absolute Gasteiger partial charge is 0.325 e. The average molecular weight is 265 g/mol. The lowest BCUT2D eigenvalue weighted by molar-refractivity contribution is -0.117. The highest BCUT2D eigenvalue weighted by atomic mass is 16.1. The molecule has 1 heterocycles. The van der Waals surface area contributed by atoms with Gasteiger partial charge in [0.2, 0.25) is 5.91 Å². The predicted molar refractivity (Wildman–Crippen MR) is 82.0 cm³/mol. The van der Waals surface area contributed by atoms with Gasteiger partial charge in [0.15, 0.2) is 0 Å². The third-order valence-electron chi connectivity index (χ3n) is 4.00. The first kappa shape index (κ1) is 12.9. The molecular weight excluding hydrogens is 246 g/mol. The molecule has 0 bridgehead atoms. The van der Waals surface area contributed by atoms with Gasteiger partial charge < -0.3 is 5.32 Å². The van der Waals surface area contributed by atoms with Crippen LogP contribution in [-0.2, 0) is 11.2 Å². The van der Waals surface area contributed by atoms with Gasteiger partial charge in [0.05, 0.1) is 5.92 Å². The quantitative estimate of drug-likeness (QED) is 0.870. The van der Waals surface area contributed by atoms with Crippen molar-refractivity contribution in [2.45, 2.75) is 32.1 Å². The van der Waals surface area contributed by atoms with Crippen LogP contribution in [0.4, 0.5) is 5.69 Å². The highest BCUT2D eigenvalue weighted by Gasteiger charge is 2.27. The molecule has 2 aromatic carbocycles. The lowest BCUT2D eigenvalue weighted by Crippen LogP contribution is -2.28. The van der Waals surface area contributed by atoms with Crippen molar-refractivity contribution in [3.05, 3.63) is 65.2 Å². The molecule has 0 aromatic heterocycles. The molecule has 3 rings (SSSR count). The van der Waals surface area contributed by atoms with Crippen LogP contribution in [0.15, 0.2) is 48.5 Å². The summed E-state index contributed by atoms with van der Waals surface area (Å²) < 4.78 is 0. The van der Waals surface area contributed by atoms with E-state index in [0.717, 1.165) is 17.7 Å². The van der Waals surface area contributed by atoms with Crippen molar-refractivity contribution in [3.63, 3.8) is 0 Å². The molecule has 0 aliphatic carbocycles. The molecule has 0 radical (unpaired) electrons. The van der Waals surface area contributed by atoms with E-state index < -0.39 is 0 Å². The monoisotopic (exact) mass is 265 g/mol. The van der Waals surface area contributed by atoms with Crippen molar-refractivity contribution in [2.75, 3.05) is 5.32 Å². The molecular formula is C18H19NO. The molecule has 2 heteroatoms. The standard InChI is InChI=1S/C18H19NO/c1-12(2)14-8-9-17-15(10-14)11-16(18(20)19-17)13-6-4-3-5-7-13/h3-10,12,16H,11H2,1-2H3,(H,19,20). The van der Waals surface area contributed by atoms with Gasteiger partial charge in [-0.15, -0.1) is 0 Å². The van der Waals surface area contributed by atoms with Crippen molar-refractivity contribution < 1.29 is 4.79 Å². The second-order valence-corrected chi connectivity index (χ2v) is 5.73. The van der Waals surface area contributed by atoms with E-state index >= 15 is 0 Å². The van der Waals surface area contributed by atoms with Gasteiger partial charge in [-0.3, -0.25) is 4.79 Å². The van der Waals surface area contributed by atoms with Crippen LogP contribution in [0.2, 0.25) is 0 Å². The van der Waals surface area contributed by atoms with Crippen LogP contribution >= 0.6 is 0 Å². The summed E-state index contributed by atoms with van der Waals surface area (Å²) in [5.74, 6) is 0.528. The highest BCUT2D eigenvalue weighted by Crippen LogP contribution is 2.33. The maximum Gasteiger partial charge on any atom is 0.232 e. The Morgan fingerprint density at radius 3 is 2.55 bits per heavy atom. The van der Waals surface area contributed by atoms with E-state index in [9.17, 15) is 4.79 Å². The van der Waals surface area contributed by atoms with Crippen LogP contribution in [0.5, 0.6) is 0 Å². The van der Waals surface area contributed by atoms with E-state index in [-0.39, 0.29) is 11.8 Å². The summed E-state index contributed by atoms with van der Waals surface area (Å²) in [6, 6.07) is 16.4. The zero-order valence-corrected chi connectivity index (χ0v) is 11.9. The predicted octanol–water partition coefficient (Wildman–Crippen LogP) is 4.09. The summed E-state index contributed by atoms with van der Waals surface area (Å²) in [7, 11) is 0. The Morgan fingerprint density at radius 1 is 1.10 bits per heavy atom. The van der Waals surface area contributed by atoms with Gasteiger partial charge in [0.1, 0.15) is 0 Å². The Labute approximate surface area is 119 Å². The Bertz CT molecular complexity index is 631. The number of carbonyl (C=O) groups is 1. The number of rotatable bonds is 2. The number of anilines is 1. The zero-order chi connectivity index (χ0) is 14.1. The van der Waals surface area contributed by atoms with Crippen molar-refractivity contribution >= 4 is 11.6 Å². The SMILES string of the molecule is CC(C)c1ccc2c(c1)CC(c1ccccc1)C(=O)N2. The number of hydrogen-bond acceptors (Lipinski definition) is 1. The molecule has 20 heavy (non-hydrogen) atoms. The van der Waals surface area contributed by atoms with E-state index in [2.05, 4.69) is 31.3 Å². The fraction of sp³-hybridized carbons (Fsp3) is 0.278. The van der Waals surface area contributed by atoms with Crippen molar-refractivity contribution in [1.82, 2.24) is 0 Å². The summed E-state index contributed by atoms with van der Waals surface area (Å²) in [4.78, 5) is 12.3. The summed E-state index contributed by atoms with van der Waals surface area (Å²) in [5, 5.41) is 3.04. The minimum atomic E-state index is -0.0777. The van der Waals surface area contributed by atoms with Crippen LogP contribution < -0.4 is 5.32 Å². The first-order valence-corrected chi connectivity index (χ1v) is 7.14. The van der Waals surface area contributed by atoms with E-state index in [1.54, 1.807) is 0 Å². The van der Waals surface area contributed by atoms with Crippen LogP contribution in [-0.4, -0.2) is 5.91 Å². The van der Waals surface area contributed by atoms with Crippen molar-refractivity contribution in [1.29, 1.82) is 0 Å². The molecule has 1 amide bonds. The minimum Gasteiger partial charge on any atom is -0.325 e. The fourth-order valence-electron chi connectivity index (χ4n) is 2.75. The highest BCUT2D eigenvalue weighted by molar-refractivity contribution is 5.99. The van der Waals surface area contributed by atoms with Crippen LogP contribution in [0.3, 0.4) is 0 Å². The van der Waals surface area contributed by atoms with Gasteiger partial charge in [-0.25, -0.2) is 0 Å². The second kappa shape index (κ2) is 5.12. The molecule has 1 atom stereocenters. The number of fused-ring (bicyclic) bond motifs is 1. The fourth-order valence-corrected chi connectivity index (χ4v) is 2.75. The van der Waals surface area contributed by atoms with E-state index in [4.69, 9.17) is 0 Å². The molecule has 0 spiro atoms. The lowest BCUT2D eigenvalue weighted by Gasteiger charge is -2.26. The molecule has 102 valence electrons. The van der Waals surface area contributed by atoms with Crippen LogP contribution in [0, 0.1) is 0 Å². The number of carbonyl (C=O) groups excluding carboxylic acids is 1. The van der Waals surface area contributed by atoms with Gasteiger partial charge in [0, 0.05) is 5.69 Å². The van der Waals surface area contributed by atoms with Gasteiger partial charge in [-0.1, -0.05) is 56.3 Å². The first-order valence-electron chi connectivity index (χ1n) is 7.14. The maximum absolute atomic E-state index is 12.3. The van der Waals surface area contributed by atoms with Crippen LogP contribution in [0.1, 0.15) is 42.4 Å². The summed E-state index contributed by atoms with van der Waals surface area (Å²) >= 11 is 0. The van der Waals surface area contributed by atoms with Crippen molar-refractivity contribution in [2.24, 2.45) is 0 Å². The van der Waals surface area contributed by atoms with E-state index in [1.165, 1.54) is 11.1 Å². The summed E-state index contributed by atoms with van der Waals surface area (Å²) in [6.07, 6.45) is 0.783. The Morgan fingerprint density at radius 2 is 1.85 bits per heavy atom. The van der Waals surface area contributed by atoms with Crippen LogP contribution in [0.25, 0.3) is 0 Å². The third-order valence-corrected chi connectivity index (χ3v) is 4.00. The second-order valence-electron chi connectivity index (χ2n) is 5.73. The summed E-state index contributed by atoms with van der Waals surface area (Å²) in [6.45, 7) is 4.38. The molecule has 2 nitrogen and oxygen atoms in total. The number of hydrogen-bond donors (Lipinski definition) is 1.